The molecule has 0 aromatic heterocycles. The third-order valence-corrected chi connectivity index (χ3v) is 2.98. The molecule has 0 bridgehead atoms. The zero-order chi connectivity index (χ0) is 10.9. The summed E-state index contributed by atoms with van der Waals surface area (Å²) in [5, 5.41) is 3.37. The van der Waals surface area contributed by atoms with Crippen LogP contribution in [0.3, 0.4) is 0 Å². The minimum absolute atomic E-state index is 0.437. The van der Waals surface area contributed by atoms with Crippen LogP contribution in [-0.2, 0) is 4.74 Å². The molecule has 0 aliphatic carbocycles. The van der Waals surface area contributed by atoms with Crippen molar-refractivity contribution in [1.82, 2.24) is 10.2 Å². The quantitative estimate of drug-likeness (QED) is 0.650. The Labute approximate surface area is 94.2 Å². The van der Waals surface area contributed by atoms with Gasteiger partial charge in [-0.25, -0.2) is 0 Å². The van der Waals surface area contributed by atoms with E-state index in [2.05, 4.69) is 24.2 Å². The molecule has 1 atom stereocenters. The van der Waals surface area contributed by atoms with E-state index in [1.165, 1.54) is 25.8 Å². The van der Waals surface area contributed by atoms with Gasteiger partial charge in [0.05, 0.1) is 12.7 Å². The molecule has 1 unspecified atom stereocenters. The molecule has 0 saturated carbocycles. The predicted molar refractivity (Wildman–Crippen MR) is 64.2 cm³/mol. The van der Waals surface area contributed by atoms with Crippen molar-refractivity contribution in [3.8, 4) is 0 Å². The number of nitrogens with zero attached hydrogens (tertiary/aromatic N) is 1. The zero-order valence-electron chi connectivity index (χ0n) is 10.3. The van der Waals surface area contributed by atoms with E-state index in [9.17, 15) is 0 Å². The lowest BCUT2D eigenvalue weighted by Gasteiger charge is -2.25. The van der Waals surface area contributed by atoms with Gasteiger partial charge in [-0.1, -0.05) is 19.8 Å². The summed E-state index contributed by atoms with van der Waals surface area (Å²) in [5.41, 5.74) is 0. The van der Waals surface area contributed by atoms with Crippen LogP contribution < -0.4 is 5.32 Å². The fourth-order valence-corrected chi connectivity index (χ4v) is 1.91. The van der Waals surface area contributed by atoms with Crippen molar-refractivity contribution < 1.29 is 4.74 Å². The van der Waals surface area contributed by atoms with Gasteiger partial charge in [-0.15, -0.1) is 0 Å². The van der Waals surface area contributed by atoms with Crippen LogP contribution in [0, 0.1) is 0 Å². The number of unbranched alkanes of at least 4 members (excludes halogenated alkanes) is 2. The van der Waals surface area contributed by atoms with Crippen molar-refractivity contribution in [2.45, 2.75) is 38.7 Å². The van der Waals surface area contributed by atoms with Crippen LogP contribution in [0.25, 0.3) is 0 Å². The summed E-state index contributed by atoms with van der Waals surface area (Å²) in [4.78, 5) is 2.42. The zero-order valence-corrected chi connectivity index (χ0v) is 10.3. The molecular weight excluding hydrogens is 188 g/mol. The number of hydrogen-bond acceptors (Lipinski definition) is 3. The minimum Gasteiger partial charge on any atom is -0.376 e. The van der Waals surface area contributed by atoms with Gasteiger partial charge in [0, 0.05) is 19.6 Å². The van der Waals surface area contributed by atoms with Crippen LogP contribution in [0.2, 0.25) is 0 Å². The Balaban J connectivity index is 1.97. The number of morpholine rings is 1. The van der Waals surface area contributed by atoms with E-state index in [1.54, 1.807) is 0 Å². The molecule has 1 rings (SSSR count). The Morgan fingerprint density at radius 1 is 1.33 bits per heavy atom. The Bertz CT molecular complexity index is 147. The topological polar surface area (TPSA) is 24.5 Å². The molecule has 0 aromatic rings. The third kappa shape index (κ3) is 6.13. The van der Waals surface area contributed by atoms with Crippen LogP contribution in [0.4, 0.5) is 0 Å². The smallest absolute Gasteiger partial charge is 0.0712 e. The van der Waals surface area contributed by atoms with Crippen molar-refractivity contribution in [2.24, 2.45) is 0 Å². The normalized spacial score (nSPS) is 22.2. The lowest BCUT2D eigenvalue weighted by atomic mass is 10.2. The van der Waals surface area contributed by atoms with Crippen LogP contribution in [0.5, 0.6) is 0 Å². The van der Waals surface area contributed by atoms with Crippen molar-refractivity contribution >= 4 is 0 Å². The summed E-state index contributed by atoms with van der Waals surface area (Å²) >= 11 is 0. The fourth-order valence-electron chi connectivity index (χ4n) is 1.91. The van der Waals surface area contributed by atoms with Gasteiger partial charge in [-0.05, 0) is 26.4 Å². The lowest BCUT2D eigenvalue weighted by Crippen LogP contribution is -2.40. The maximum Gasteiger partial charge on any atom is 0.0712 e. The predicted octanol–water partition coefficient (Wildman–Crippen LogP) is 1.49. The van der Waals surface area contributed by atoms with Crippen molar-refractivity contribution in [1.29, 1.82) is 0 Å². The molecule has 3 nitrogen and oxygen atoms in total. The molecule has 0 radical (unpaired) electrons. The molecule has 3 heteroatoms. The van der Waals surface area contributed by atoms with Crippen molar-refractivity contribution in [2.75, 3.05) is 39.8 Å². The van der Waals surface area contributed by atoms with E-state index in [0.717, 1.165) is 32.7 Å². The molecule has 15 heavy (non-hydrogen) atoms. The van der Waals surface area contributed by atoms with E-state index in [-0.39, 0.29) is 0 Å². The molecule has 1 heterocycles. The Morgan fingerprint density at radius 3 is 2.87 bits per heavy atom. The number of hydrogen-bond donors (Lipinski definition) is 1. The lowest BCUT2D eigenvalue weighted by molar-refractivity contribution is 0.0187. The van der Waals surface area contributed by atoms with E-state index in [4.69, 9.17) is 4.74 Å². The molecule has 90 valence electrons. The van der Waals surface area contributed by atoms with E-state index in [0.29, 0.717) is 6.10 Å². The summed E-state index contributed by atoms with van der Waals surface area (Å²) in [6.07, 6.45) is 5.59. The first kappa shape index (κ1) is 12.9. The van der Waals surface area contributed by atoms with Crippen LogP contribution in [0.15, 0.2) is 0 Å². The van der Waals surface area contributed by atoms with Gasteiger partial charge >= 0.3 is 0 Å². The van der Waals surface area contributed by atoms with Gasteiger partial charge in [0.1, 0.15) is 0 Å². The second kappa shape index (κ2) is 8.08. The molecule has 0 amide bonds. The number of ether oxygens (including phenoxy) is 1. The molecule has 1 aliphatic heterocycles. The maximum absolute atomic E-state index is 5.66. The summed E-state index contributed by atoms with van der Waals surface area (Å²) in [7, 11) is 2.21. The average Bonchev–Trinajstić information content (AvgIpc) is 2.28. The maximum atomic E-state index is 5.66. The number of rotatable bonds is 7. The second-order valence-electron chi connectivity index (χ2n) is 4.50. The second-order valence-corrected chi connectivity index (χ2v) is 4.50. The van der Waals surface area contributed by atoms with Gasteiger partial charge in [-0.3, -0.25) is 0 Å². The minimum atomic E-state index is 0.437. The van der Waals surface area contributed by atoms with Crippen molar-refractivity contribution in [3.63, 3.8) is 0 Å². The third-order valence-electron chi connectivity index (χ3n) is 2.98. The molecule has 1 aliphatic rings. The largest absolute Gasteiger partial charge is 0.376 e. The summed E-state index contributed by atoms with van der Waals surface area (Å²) in [6, 6.07) is 0. The summed E-state index contributed by atoms with van der Waals surface area (Å²) in [6.45, 7) is 7.57. The fraction of sp³-hybridized carbons (Fsp3) is 1.00. The van der Waals surface area contributed by atoms with E-state index in [1.807, 2.05) is 0 Å². The van der Waals surface area contributed by atoms with Gasteiger partial charge in [0.2, 0.25) is 0 Å². The highest BCUT2D eigenvalue weighted by molar-refractivity contribution is 4.68. The first-order chi connectivity index (χ1) is 7.33. The highest BCUT2D eigenvalue weighted by Crippen LogP contribution is 2.03. The Kier molecular flexibility index (Phi) is 6.98. The van der Waals surface area contributed by atoms with Crippen LogP contribution >= 0.6 is 0 Å². The average molecular weight is 214 g/mol. The number of nitrogens with one attached hydrogen (secondary N) is 1. The first-order valence-electron chi connectivity index (χ1n) is 6.33. The standard InChI is InChI=1S/C12H26N2O/c1-3-4-5-8-14(2)9-6-12-11-13-7-10-15-12/h12-13H,3-11H2,1-2H3. The molecule has 0 spiro atoms. The first-order valence-corrected chi connectivity index (χ1v) is 6.33. The van der Waals surface area contributed by atoms with Gasteiger partial charge in [0.15, 0.2) is 0 Å². The molecule has 1 N–H and O–H groups in total. The highest BCUT2D eigenvalue weighted by Gasteiger charge is 2.13. The molecule has 1 fully saturated rings. The molecule has 1 saturated heterocycles. The highest BCUT2D eigenvalue weighted by atomic mass is 16.5. The Morgan fingerprint density at radius 2 is 2.20 bits per heavy atom. The molecular formula is C12H26N2O. The summed E-state index contributed by atoms with van der Waals surface area (Å²) < 4.78 is 5.66. The van der Waals surface area contributed by atoms with E-state index < -0.39 is 0 Å². The van der Waals surface area contributed by atoms with Gasteiger partial charge < -0.3 is 15.0 Å². The van der Waals surface area contributed by atoms with Gasteiger partial charge in [0.25, 0.3) is 0 Å². The summed E-state index contributed by atoms with van der Waals surface area (Å²) in [5.74, 6) is 0. The van der Waals surface area contributed by atoms with Crippen molar-refractivity contribution in [3.05, 3.63) is 0 Å². The van der Waals surface area contributed by atoms with E-state index >= 15 is 0 Å². The van der Waals surface area contributed by atoms with Crippen LogP contribution in [0.1, 0.15) is 32.6 Å². The monoisotopic (exact) mass is 214 g/mol. The Hall–Kier alpha value is -0.120. The molecule has 0 aromatic carbocycles. The van der Waals surface area contributed by atoms with Crippen LogP contribution in [-0.4, -0.2) is 50.8 Å². The SMILES string of the molecule is CCCCCN(C)CCC1CNCCO1. The van der Waals surface area contributed by atoms with Gasteiger partial charge in [-0.2, -0.15) is 0 Å².